The molecule has 1 amide bonds. The van der Waals surface area contributed by atoms with E-state index in [1.54, 1.807) is 6.20 Å². The van der Waals surface area contributed by atoms with Crippen LogP contribution in [0, 0.1) is 0 Å². The average molecular weight is 396 g/mol. The van der Waals surface area contributed by atoms with Crippen LogP contribution in [0.2, 0.25) is 0 Å². The standard InChI is InChI=1S/C18H20N6O.C2H4O2/c25-18(17-15-6-8-19-11-16(15)22-23-17)20-10-13-4-1-2-5-14(13)12-24-9-3-7-21-24;1-2(3)4/h1-5,7,9,19H,6,8,10-12H2,(H,20,25)(H,22,23);1H3,(H,3,4). The molecular formula is C20H24N6O3. The summed E-state index contributed by atoms with van der Waals surface area (Å²) in [4.78, 5) is 21.5. The van der Waals surface area contributed by atoms with Crippen molar-refractivity contribution < 1.29 is 14.7 Å². The first-order valence-electron chi connectivity index (χ1n) is 9.33. The SMILES string of the molecule is CC(=O)O.O=C(NCc1ccccc1Cn1cccn1)c1n[nH]c2c1CCNC2. The maximum atomic E-state index is 12.5. The second-order valence-electron chi connectivity index (χ2n) is 6.63. The topological polar surface area (TPSA) is 125 Å². The number of H-pyrrole nitrogens is 1. The van der Waals surface area contributed by atoms with E-state index in [0.717, 1.165) is 48.8 Å². The van der Waals surface area contributed by atoms with Gasteiger partial charge in [-0.3, -0.25) is 19.4 Å². The number of carboxylic acids is 1. The normalized spacial score (nSPS) is 12.4. The molecule has 1 aliphatic heterocycles. The van der Waals surface area contributed by atoms with Crippen molar-refractivity contribution in [1.82, 2.24) is 30.6 Å². The number of aromatic amines is 1. The van der Waals surface area contributed by atoms with Gasteiger partial charge in [0, 0.05) is 38.0 Å². The van der Waals surface area contributed by atoms with Crippen LogP contribution in [-0.2, 0) is 30.8 Å². The molecule has 4 rings (SSSR count). The fourth-order valence-electron chi connectivity index (χ4n) is 3.14. The van der Waals surface area contributed by atoms with Crippen LogP contribution in [0.25, 0.3) is 0 Å². The molecule has 9 heteroatoms. The first-order valence-corrected chi connectivity index (χ1v) is 9.33. The highest BCUT2D eigenvalue weighted by Gasteiger charge is 2.21. The number of amides is 1. The number of carbonyl (C=O) groups excluding carboxylic acids is 1. The van der Waals surface area contributed by atoms with Gasteiger partial charge in [-0.25, -0.2) is 0 Å². The van der Waals surface area contributed by atoms with E-state index in [1.165, 1.54) is 0 Å². The average Bonchev–Trinajstić information content (AvgIpc) is 3.36. The van der Waals surface area contributed by atoms with Crippen molar-refractivity contribution >= 4 is 11.9 Å². The van der Waals surface area contributed by atoms with Gasteiger partial charge in [-0.15, -0.1) is 0 Å². The molecule has 3 aromatic rings. The molecule has 0 spiro atoms. The summed E-state index contributed by atoms with van der Waals surface area (Å²) < 4.78 is 1.87. The second-order valence-corrected chi connectivity index (χ2v) is 6.63. The van der Waals surface area contributed by atoms with E-state index in [2.05, 4.69) is 32.0 Å². The number of nitrogens with zero attached hydrogens (tertiary/aromatic N) is 3. The molecule has 29 heavy (non-hydrogen) atoms. The molecule has 0 bridgehead atoms. The summed E-state index contributed by atoms with van der Waals surface area (Å²) in [5.74, 6) is -0.965. The van der Waals surface area contributed by atoms with E-state index in [-0.39, 0.29) is 5.91 Å². The minimum Gasteiger partial charge on any atom is -0.481 e. The summed E-state index contributed by atoms with van der Waals surface area (Å²) in [6.45, 7) is 3.85. The number of aliphatic carboxylic acids is 1. The Hall–Kier alpha value is -3.46. The number of nitrogens with one attached hydrogen (secondary N) is 3. The Morgan fingerprint density at radius 1 is 1.24 bits per heavy atom. The molecule has 1 aromatic carbocycles. The summed E-state index contributed by atoms with van der Waals surface area (Å²) >= 11 is 0. The summed E-state index contributed by atoms with van der Waals surface area (Å²) in [5.41, 5.74) is 4.77. The number of rotatable bonds is 5. The molecule has 9 nitrogen and oxygen atoms in total. The van der Waals surface area contributed by atoms with Gasteiger partial charge in [-0.1, -0.05) is 24.3 Å². The molecule has 4 N–H and O–H groups in total. The van der Waals surface area contributed by atoms with Gasteiger partial charge in [-0.05, 0) is 30.2 Å². The molecule has 0 aliphatic carbocycles. The van der Waals surface area contributed by atoms with Crippen molar-refractivity contribution in [2.24, 2.45) is 0 Å². The van der Waals surface area contributed by atoms with E-state index >= 15 is 0 Å². The Labute approximate surface area is 168 Å². The summed E-state index contributed by atoms with van der Waals surface area (Å²) in [6.07, 6.45) is 4.52. The largest absolute Gasteiger partial charge is 0.481 e. The van der Waals surface area contributed by atoms with Gasteiger partial charge in [0.2, 0.25) is 0 Å². The maximum Gasteiger partial charge on any atom is 0.300 e. The molecule has 0 saturated heterocycles. The van der Waals surface area contributed by atoms with Crippen LogP contribution >= 0.6 is 0 Å². The summed E-state index contributed by atoms with van der Waals surface area (Å²) in [5, 5.41) is 25.1. The van der Waals surface area contributed by atoms with Gasteiger partial charge < -0.3 is 15.7 Å². The zero-order valence-electron chi connectivity index (χ0n) is 16.2. The minimum absolute atomic E-state index is 0.131. The number of fused-ring (bicyclic) bond motifs is 1. The molecular weight excluding hydrogens is 372 g/mol. The van der Waals surface area contributed by atoms with Gasteiger partial charge >= 0.3 is 0 Å². The first kappa shape index (κ1) is 20.3. The van der Waals surface area contributed by atoms with E-state index in [9.17, 15) is 4.79 Å². The Morgan fingerprint density at radius 2 is 2.00 bits per heavy atom. The second kappa shape index (κ2) is 9.65. The summed E-state index contributed by atoms with van der Waals surface area (Å²) in [6, 6.07) is 9.98. The van der Waals surface area contributed by atoms with Crippen molar-refractivity contribution in [3.63, 3.8) is 0 Å². The predicted octanol–water partition coefficient (Wildman–Crippen LogP) is 1.32. The lowest BCUT2D eigenvalue weighted by Gasteiger charge is -2.13. The summed E-state index contributed by atoms with van der Waals surface area (Å²) in [7, 11) is 0. The molecule has 0 atom stereocenters. The predicted molar refractivity (Wildman–Crippen MR) is 106 cm³/mol. The zero-order valence-corrected chi connectivity index (χ0v) is 16.2. The van der Waals surface area contributed by atoms with Gasteiger partial charge in [0.15, 0.2) is 5.69 Å². The van der Waals surface area contributed by atoms with Crippen molar-refractivity contribution in [2.45, 2.75) is 33.0 Å². The van der Waals surface area contributed by atoms with Crippen LogP contribution in [0.1, 0.15) is 39.8 Å². The third-order valence-electron chi connectivity index (χ3n) is 4.47. The minimum atomic E-state index is -0.833. The highest BCUT2D eigenvalue weighted by atomic mass is 16.4. The Bertz CT molecular complexity index is 961. The van der Waals surface area contributed by atoms with Crippen molar-refractivity contribution in [2.75, 3.05) is 6.54 Å². The highest BCUT2D eigenvalue weighted by molar-refractivity contribution is 5.94. The molecule has 0 radical (unpaired) electrons. The number of hydrogen-bond donors (Lipinski definition) is 4. The highest BCUT2D eigenvalue weighted by Crippen LogP contribution is 2.16. The lowest BCUT2D eigenvalue weighted by Crippen LogP contribution is -2.28. The number of benzene rings is 1. The molecule has 2 aromatic heterocycles. The Morgan fingerprint density at radius 3 is 2.72 bits per heavy atom. The quantitative estimate of drug-likeness (QED) is 0.516. The van der Waals surface area contributed by atoms with Crippen molar-refractivity contribution in [3.05, 3.63) is 70.8 Å². The number of aromatic nitrogens is 4. The van der Waals surface area contributed by atoms with Crippen molar-refractivity contribution in [3.8, 4) is 0 Å². The van der Waals surface area contributed by atoms with E-state index in [0.29, 0.717) is 18.8 Å². The smallest absolute Gasteiger partial charge is 0.300 e. The molecule has 1 aliphatic rings. The lowest BCUT2D eigenvalue weighted by molar-refractivity contribution is -0.134. The van der Waals surface area contributed by atoms with Crippen LogP contribution in [-0.4, -0.2) is 43.5 Å². The van der Waals surface area contributed by atoms with Gasteiger partial charge in [0.05, 0.1) is 12.2 Å². The Balaban J connectivity index is 0.000000552. The monoisotopic (exact) mass is 396 g/mol. The van der Waals surface area contributed by atoms with Gasteiger partial charge in [0.25, 0.3) is 11.9 Å². The molecule has 0 unspecified atom stereocenters. The molecule has 3 heterocycles. The fourth-order valence-corrected chi connectivity index (χ4v) is 3.14. The molecule has 0 fully saturated rings. The maximum absolute atomic E-state index is 12.5. The van der Waals surface area contributed by atoms with Crippen LogP contribution in [0.3, 0.4) is 0 Å². The van der Waals surface area contributed by atoms with Crippen molar-refractivity contribution in [1.29, 1.82) is 0 Å². The fraction of sp³-hybridized carbons (Fsp3) is 0.300. The van der Waals surface area contributed by atoms with Crippen LogP contribution in [0.5, 0.6) is 0 Å². The third-order valence-corrected chi connectivity index (χ3v) is 4.47. The van der Waals surface area contributed by atoms with E-state index in [4.69, 9.17) is 9.90 Å². The van der Waals surface area contributed by atoms with Crippen LogP contribution < -0.4 is 10.6 Å². The van der Waals surface area contributed by atoms with Gasteiger partial charge in [-0.2, -0.15) is 10.2 Å². The van der Waals surface area contributed by atoms with E-state index < -0.39 is 5.97 Å². The van der Waals surface area contributed by atoms with Crippen LogP contribution in [0.15, 0.2) is 42.7 Å². The molecule has 0 saturated carbocycles. The van der Waals surface area contributed by atoms with Gasteiger partial charge in [0.1, 0.15) is 0 Å². The third kappa shape index (κ3) is 5.52. The number of hydrogen-bond acceptors (Lipinski definition) is 5. The first-order chi connectivity index (χ1) is 14.0. The number of carboxylic acid groups (broad SMARTS) is 1. The lowest BCUT2D eigenvalue weighted by atomic mass is 10.0. The Kier molecular flexibility index (Phi) is 6.75. The number of carbonyl (C=O) groups is 2. The van der Waals surface area contributed by atoms with Crippen LogP contribution in [0.4, 0.5) is 0 Å². The molecule has 152 valence electrons. The van der Waals surface area contributed by atoms with E-state index in [1.807, 2.05) is 35.1 Å². The zero-order chi connectivity index (χ0) is 20.6.